The molecule has 0 aliphatic rings. The zero-order valence-corrected chi connectivity index (χ0v) is 12.2. The minimum Gasteiger partial charge on any atom is -0.362 e. The van der Waals surface area contributed by atoms with Crippen molar-refractivity contribution in [1.29, 1.82) is 0 Å². The molecule has 1 aromatic carbocycles. The average Bonchev–Trinajstić information content (AvgIpc) is 2.74. The Morgan fingerprint density at radius 1 is 1.06 bits per heavy atom. The lowest BCUT2D eigenvalue weighted by Crippen LogP contribution is -1.92. The summed E-state index contributed by atoms with van der Waals surface area (Å²) in [5.41, 5.74) is 5.42. The first-order valence-electron chi connectivity index (χ1n) is 6.89. The minimum atomic E-state index is 0.574. The maximum absolute atomic E-state index is 3.53. The van der Waals surface area contributed by atoms with Gasteiger partial charge in [0.25, 0.3) is 0 Å². The van der Waals surface area contributed by atoms with Crippen molar-refractivity contribution in [2.24, 2.45) is 0 Å². The standard InChI is InChI=1S/C15H19N.C2H6/c1-11(2)15-12(3)9-14(16-15)10-13-7-5-4-6-8-13;1-2/h4-9,11,16H,10H2,1-3H3;1-2H3. The average molecular weight is 243 g/mol. The van der Waals surface area contributed by atoms with E-state index in [1.54, 1.807) is 0 Å². The summed E-state index contributed by atoms with van der Waals surface area (Å²) in [6.45, 7) is 10.6. The van der Waals surface area contributed by atoms with Crippen LogP contribution in [0.5, 0.6) is 0 Å². The zero-order chi connectivity index (χ0) is 13.5. The van der Waals surface area contributed by atoms with Gasteiger partial charge in [0, 0.05) is 17.8 Å². The molecule has 18 heavy (non-hydrogen) atoms. The second kappa shape index (κ2) is 7.05. The summed E-state index contributed by atoms with van der Waals surface area (Å²) in [7, 11) is 0. The largest absolute Gasteiger partial charge is 0.362 e. The van der Waals surface area contributed by atoms with Crippen molar-refractivity contribution in [3.05, 3.63) is 58.9 Å². The van der Waals surface area contributed by atoms with E-state index >= 15 is 0 Å². The van der Waals surface area contributed by atoms with Crippen LogP contribution < -0.4 is 0 Å². The molecule has 0 spiro atoms. The van der Waals surface area contributed by atoms with Gasteiger partial charge in [-0.25, -0.2) is 0 Å². The summed E-state index contributed by atoms with van der Waals surface area (Å²) in [6.07, 6.45) is 0.994. The first-order valence-corrected chi connectivity index (χ1v) is 6.89. The van der Waals surface area contributed by atoms with E-state index < -0.39 is 0 Å². The molecule has 1 aromatic heterocycles. The molecule has 1 nitrogen and oxygen atoms in total. The Kier molecular flexibility index (Phi) is 5.70. The predicted octanol–water partition coefficient (Wildman–Crippen LogP) is 5.06. The number of benzene rings is 1. The number of aromatic nitrogens is 1. The van der Waals surface area contributed by atoms with Crippen LogP contribution in [0.1, 0.15) is 56.1 Å². The zero-order valence-electron chi connectivity index (χ0n) is 12.2. The van der Waals surface area contributed by atoms with Crippen LogP contribution in [-0.2, 0) is 6.42 Å². The topological polar surface area (TPSA) is 15.8 Å². The quantitative estimate of drug-likeness (QED) is 0.775. The molecule has 98 valence electrons. The van der Waals surface area contributed by atoms with Gasteiger partial charge in [-0.1, -0.05) is 58.0 Å². The summed E-state index contributed by atoms with van der Waals surface area (Å²) in [6, 6.07) is 12.9. The second-order valence-electron chi connectivity index (χ2n) is 4.71. The highest BCUT2D eigenvalue weighted by Crippen LogP contribution is 2.20. The first-order chi connectivity index (χ1) is 8.66. The molecule has 1 N–H and O–H groups in total. The van der Waals surface area contributed by atoms with E-state index in [1.807, 2.05) is 13.8 Å². The van der Waals surface area contributed by atoms with Crippen molar-refractivity contribution < 1.29 is 0 Å². The Bertz CT molecular complexity index is 452. The summed E-state index contributed by atoms with van der Waals surface area (Å²) in [4.78, 5) is 3.53. The van der Waals surface area contributed by atoms with Crippen molar-refractivity contribution in [2.75, 3.05) is 0 Å². The van der Waals surface area contributed by atoms with E-state index in [2.05, 4.69) is 62.2 Å². The summed E-state index contributed by atoms with van der Waals surface area (Å²) in [5.74, 6) is 0.574. The lowest BCUT2D eigenvalue weighted by atomic mass is 10.1. The summed E-state index contributed by atoms with van der Waals surface area (Å²) >= 11 is 0. The van der Waals surface area contributed by atoms with Crippen LogP contribution in [0.2, 0.25) is 0 Å². The van der Waals surface area contributed by atoms with E-state index in [0.29, 0.717) is 5.92 Å². The highest BCUT2D eigenvalue weighted by molar-refractivity contribution is 5.30. The van der Waals surface area contributed by atoms with Gasteiger partial charge in [0.1, 0.15) is 0 Å². The molecule has 0 amide bonds. The van der Waals surface area contributed by atoms with Crippen molar-refractivity contribution in [3.63, 3.8) is 0 Å². The van der Waals surface area contributed by atoms with Gasteiger partial charge in [-0.05, 0) is 30.0 Å². The number of aromatic amines is 1. The fourth-order valence-corrected chi connectivity index (χ4v) is 2.16. The van der Waals surface area contributed by atoms with Crippen molar-refractivity contribution >= 4 is 0 Å². The Labute approximate surface area is 111 Å². The van der Waals surface area contributed by atoms with Gasteiger partial charge in [-0.3, -0.25) is 0 Å². The lowest BCUT2D eigenvalue weighted by molar-refractivity contribution is 0.817. The molecule has 0 aliphatic carbocycles. The van der Waals surface area contributed by atoms with Gasteiger partial charge in [-0.15, -0.1) is 0 Å². The Hall–Kier alpha value is -1.50. The molecule has 0 radical (unpaired) electrons. The Morgan fingerprint density at radius 3 is 2.17 bits per heavy atom. The van der Waals surface area contributed by atoms with Gasteiger partial charge in [0.15, 0.2) is 0 Å². The van der Waals surface area contributed by atoms with E-state index in [0.717, 1.165) is 6.42 Å². The maximum atomic E-state index is 3.53. The molecule has 0 saturated heterocycles. The number of hydrogen-bond donors (Lipinski definition) is 1. The van der Waals surface area contributed by atoms with E-state index in [9.17, 15) is 0 Å². The fourth-order valence-electron chi connectivity index (χ4n) is 2.16. The van der Waals surface area contributed by atoms with E-state index in [1.165, 1.54) is 22.5 Å². The third kappa shape index (κ3) is 3.76. The van der Waals surface area contributed by atoms with Crippen molar-refractivity contribution in [1.82, 2.24) is 4.98 Å². The van der Waals surface area contributed by atoms with Gasteiger partial charge in [0.05, 0.1) is 0 Å². The molecular weight excluding hydrogens is 218 g/mol. The van der Waals surface area contributed by atoms with Crippen LogP contribution in [0.3, 0.4) is 0 Å². The van der Waals surface area contributed by atoms with Crippen molar-refractivity contribution in [3.8, 4) is 0 Å². The van der Waals surface area contributed by atoms with Gasteiger partial charge in [0.2, 0.25) is 0 Å². The molecule has 2 aromatic rings. The number of rotatable bonds is 3. The molecule has 1 heterocycles. The van der Waals surface area contributed by atoms with Gasteiger partial charge in [-0.2, -0.15) is 0 Å². The van der Waals surface area contributed by atoms with Crippen LogP contribution in [0.25, 0.3) is 0 Å². The highest BCUT2D eigenvalue weighted by atomic mass is 14.7. The normalized spacial score (nSPS) is 10.1. The fraction of sp³-hybridized carbons (Fsp3) is 0.412. The summed E-state index contributed by atoms with van der Waals surface area (Å²) in [5, 5.41) is 0. The molecule has 0 saturated carbocycles. The van der Waals surface area contributed by atoms with Crippen LogP contribution >= 0.6 is 0 Å². The molecular formula is C17H25N. The molecule has 0 fully saturated rings. The van der Waals surface area contributed by atoms with E-state index in [-0.39, 0.29) is 0 Å². The predicted molar refractivity (Wildman–Crippen MR) is 80.2 cm³/mol. The Balaban J connectivity index is 0.000000771. The molecule has 0 aliphatic heterocycles. The number of aryl methyl sites for hydroxylation is 1. The molecule has 0 atom stereocenters. The highest BCUT2D eigenvalue weighted by Gasteiger charge is 2.07. The molecule has 2 rings (SSSR count). The summed E-state index contributed by atoms with van der Waals surface area (Å²) < 4.78 is 0. The minimum absolute atomic E-state index is 0.574. The number of hydrogen-bond acceptors (Lipinski definition) is 0. The number of nitrogens with one attached hydrogen (secondary N) is 1. The second-order valence-corrected chi connectivity index (χ2v) is 4.71. The number of H-pyrrole nitrogens is 1. The molecule has 1 heteroatoms. The SMILES string of the molecule is CC.Cc1cc(Cc2ccccc2)[nH]c1C(C)C. The first kappa shape index (κ1) is 14.6. The van der Waals surface area contributed by atoms with Gasteiger partial charge < -0.3 is 4.98 Å². The van der Waals surface area contributed by atoms with Crippen LogP contribution in [0.15, 0.2) is 36.4 Å². The molecule has 0 bridgehead atoms. The van der Waals surface area contributed by atoms with Crippen LogP contribution in [-0.4, -0.2) is 4.98 Å². The van der Waals surface area contributed by atoms with Crippen LogP contribution in [0, 0.1) is 6.92 Å². The monoisotopic (exact) mass is 243 g/mol. The van der Waals surface area contributed by atoms with Crippen molar-refractivity contribution in [2.45, 2.75) is 47.0 Å². The smallest absolute Gasteiger partial charge is 0.0205 e. The van der Waals surface area contributed by atoms with Gasteiger partial charge >= 0.3 is 0 Å². The lowest BCUT2D eigenvalue weighted by Gasteiger charge is -2.03. The third-order valence-corrected chi connectivity index (χ3v) is 2.93. The van der Waals surface area contributed by atoms with E-state index in [4.69, 9.17) is 0 Å². The third-order valence-electron chi connectivity index (χ3n) is 2.93. The Morgan fingerprint density at radius 2 is 1.67 bits per heavy atom. The van der Waals surface area contributed by atoms with Crippen LogP contribution in [0.4, 0.5) is 0 Å². The molecule has 0 unspecified atom stereocenters. The maximum Gasteiger partial charge on any atom is 0.0205 e.